The van der Waals surface area contributed by atoms with Crippen LogP contribution in [-0.4, -0.2) is 30.4 Å². The molecular weight excluding hydrogens is 274 g/mol. The number of urea groups is 1. The average Bonchev–Trinajstić information content (AvgIpc) is 2.25. The SMILES string of the molecule is CN1C(=O)CN(c2cccc(Br)c2)NC1=O. The van der Waals surface area contributed by atoms with Crippen molar-refractivity contribution in [1.82, 2.24) is 10.3 Å². The van der Waals surface area contributed by atoms with Gasteiger partial charge in [0.05, 0.1) is 5.69 Å². The summed E-state index contributed by atoms with van der Waals surface area (Å²) in [5, 5.41) is 1.52. The summed E-state index contributed by atoms with van der Waals surface area (Å²) in [6.07, 6.45) is 0. The zero-order valence-corrected chi connectivity index (χ0v) is 10.2. The van der Waals surface area contributed by atoms with Gasteiger partial charge in [-0.3, -0.25) is 14.7 Å². The van der Waals surface area contributed by atoms with Crippen LogP contribution in [0.3, 0.4) is 0 Å². The highest BCUT2D eigenvalue weighted by molar-refractivity contribution is 9.10. The van der Waals surface area contributed by atoms with Crippen LogP contribution in [0.2, 0.25) is 0 Å². The molecule has 16 heavy (non-hydrogen) atoms. The summed E-state index contributed by atoms with van der Waals surface area (Å²) in [5.41, 5.74) is 3.39. The van der Waals surface area contributed by atoms with Gasteiger partial charge in [-0.2, -0.15) is 0 Å². The van der Waals surface area contributed by atoms with E-state index < -0.39 is 6.03 Å². The van der Waals surface area contributed by atoms with Gasteiger partial charge in [0.1, 0.15) is 6.54 Å². The molecule has 0 spiro atoms. The molecule has 1 heterocycles. The molecule has 1 aromatic carbocycles. The largest absolute Gasteiger partial charge is 0.342 e. The monoisotopic (exact) mass is 283 g/mol. The number of anilines is 1. The van der Waals surface area contributed by atoms with Crippen LogP contribution in [0.4, 0.5) is 10.5 Å². The molecule has 0 bridgehead atoms. The highest BCUT2D eigenvalue weighted by atomic mass is 79.9. The molecule has 0 radical (unpaired) electrons. The number of carbonyl (C=O) groups is 2. The Kier molecular flexibility index (Phi) is 2.82. The highest BCUT2D eigenvalue weighted by Gasteiger charge is 2.27. The molecule has 0 aliphatic carbocycles. The molecule has 1 saturated heterocycles. The van der Waals surface area contributed by atoms with E-state index in [1.807, 2.05) is 24.3 Å². The molecule has 84 valence electrons. The van der Waals surface area contributed by atoms with E-state index in [4.69, 9.17) is 0 Å². The molecule has 0 atom stereocenters. The Bertz CT molecular complexity index is 431. The maximum Gasteiger partial charge on any atom is 0.342 e. The standard InChI is InChI=1S/C10H10BrN3O2/c1-13-9(15)6-14(12-10(13)16)8-4-2-3-7(11)5-8/h2-5H,6H2,1H3,(H,12,16). The van der Waals surface area contributed by atoms with Gasteiger partial charge < -0.3 is 0 Å². The number of amides is 3. The van der Waals surface area contributed by atoms with E-state index in [-0.39, 0.29) is 12.5 Å². The number of hydrogen-bond donors (Lipinski definition) is 1. The van der Waals surface area contributed by atoms with Gasteiger partial charge in [0.25, 0.3) is 5.91 Å². The van der Waals surface area contributed by atoms with Crippen LogP contribution < -0.4 is 10.4 Å². The van der Waals surface area contributed by atoms with Crippen LogP contribution >= 0.6 is 15.9 Å². The third-order valence-electron chi connectivity index (χ3n) is 2.32. The Hall–Kier alpha value is -1.56. The zero-order valence-electron chi connectivity index (χ0n) is 8.61. The molecule has 1 aliphatic rings. The van der Waals surface area contributed by atoms with Gasteiger partial charge in [-0.1, -0.05) is 22.0 Å². The van der Waals surface area contributed by atoms with Crippen LogP contribution in [0.1, 0.15) is 0 Å². The number of rotatable bonds is 1. The third kappa shape index (κ3) is 2.01. The summed E-state index contributed by atoms with van der Waals surface area (Å²) in [7, 11) is 1.45. The molecule has 6 heteroatoms. The van der Waals surface area contributed by atoms with E-state index >= 15 is 0 Å². The Morgan fingerprint density at radius 1 is 1.38 bits per heavy atom. The summed E-state index contributed by atoms with van der Waals surface area (Å²) in [4.78, 5) is 24.0. The molecule has 1 aliphatic heterocycles. The number of imide groups is 1. The Morgan fingerprint density at radius 2 is 2.12 bits per heavy atom. The topological polar surface area (TPSA) is 52.7 Å². The van der Waals surface area contributed by atoms with Crippen LogP contribution in [0.15, 0.2) is 28.7 Å². The maximum atomic E-state index is 11.5. The van der Waals surface area contributed by atoms with E-state index in [2.05, 4.69) is 21.4 Å². The fraction of sp³-hybridized carbons (Fsp3) is 0.200. The quantitative estimate of drug-likeness (QED) is 0.847. The maximum absolute atomic E-state index is 11.5. The fourth-order valence-electron chi connectivity index (χ4n) is 1.38. The second-order valence-electron chi connectivity index (χ2n) is 3.44. The average molecular weight is 284 g/mol. The number of likely N-dealkylation sites (N-methyl/N-ethyl adjacent to an activating group) is 1. The van der Waals surface area contributed by atoms with Gasteiger partial charge in [0, 0.05) is 11.5 Å². The molecule has 1 fully saturated rings. The van der Waals surface area contributed by atoms with Crippen LogP contribution in [-0.2, 0) is 4.79 Å². The lowest BCUT2D eigenvalue weighted by molar-refractivity contribution is -0.126. The molecule has 0 saturated carbocycles. The molecule has 1 N–H and O–H groups in total. The number of halogens is 1. The number of hydrazine groups is 1. The van der Waals surface area contributed by atoms with Gasteiger partial charge in [-0.05, 0) is 18.2 Å². The van der Waals surface area contributed by atoms with Crippen molar-refractivity contribution >= 4 is 33.6 Å². The smallest absolute Gasteiger partial charge is 0.275 e. The van der Waals surface area contributed by atoms with Crippen molar-refractivity contribution < 1.29 is 9.59 Å². The summed E-state index contributed by atoms with van der Waals surface area (Å²) in [6, 6.07) is 6.95. The van der Waals surface area contributed by atoms with Gasteiger partial charge >= 0.3 is 6.03 Å². The number of benzene rings is 1. The van der Waals surface area contributed by atoms with Gasteiger partial charge in [-0.15, -0.1) is 0 Å². The first kappa shape index (κ1) is 10.9. The van der Waals surface area contributed by atoms with Crippen LogP contribution in [0, 0.1) is 0 Å². The number of nitrogens with zero attached hydrogens (tertiary/aromatic N) is 2. The zero-order chi connectivity index (χ0) is 11.7. The van der Waals surface area contributed by atoms with E-state index in [0.29, 0.717) is 0 Å². The minimum absolute atomic E-state index is 0.138. The second-order valence-corrected chi connectivity index (χ2v) is 4.35. The van der Waals surface area contributed by atoms with Gasteiger partial charge in [0.15, 0.2) is 0 Å². The van der Waals surface area contributed by atoms with Crippen molar-refractivity contribution in [2.75, 3.05) is 18.6 Å². The van der Waals surface area contributed by atoms with Gasteiger partial charge in [-0.25, -0.2) is 10.2 Å². The third-order valence-corrected chi connectivity index (χ3v) is 2.82. The highest BCUT2D eigenvalue weighted by Crippen LogP contribution is 2.19. The van der Waals surface area contributed by atoms with Crippen molar-refractivity contribution in [3.05, 3.63) is 28.7 Å². The predicted octanol–water partition coefficient (Wildman–Crippen LogP) is 1.35. The lowest BCUT2D eigenvalue weighted by atomic mass is 10.3. The first-order valence-electron chi connectivity index (χ1n) is 4.68. The summed E-state index contributed by atoms with van der Waals surface area (Å²) in [6.45, 7) is 0.138. The lowest BCUT2D eigenvalue weighted by Crippen LogP contribution is -2.59. The van der Waals surface area contributed by atoms with Crippen molar-refractivity contribution in [3.63, 3.8) is 0 Å². The van der Waals surface area contributed by atoms with Crippen molar-refractivity contribution in [3.8, 4) is 0 Å². The minimum Gasteiger partial charge on any atom is -0.275 e. The molecule has 3 amide bonds. The second kappa shape index (κ2) is 4.13. The number of nitrogens with one attached hydrogen (secondary N) is 1. The fourth-order valence-corrected chi connectivity index (χ4v) is 1.77. The Labute approximate surface area is 101 Å². The van der Waals surface area contributed by atoms with E-state index in [9.17, 15) is 9.59 Å². The van der Waals surface area contributed by atoms with Crippen molar-refractivity contribution in [1.29, 1.82) is 0 Å². The lowest BCUT2D eigenvalue weighted by Gasteiger charge is -2.32. The minimum atomic E-state index is -0.420. The van der Waals surface area contributed by atoms with Gasteiger partial charge in [0.2, 0.25) is 0 Å². The van der Waals surface area contributed by atoms with E-state index in [1.165, 1.54) is 12.1 Å². The number of hydrogen-bond acceptors (Lipinski definition) is 3. The Balaban J connectivity index is 2.23. The van der Waals surface area contributed by atoms with Crippen LogP contribution in [0.25, 0.3) is 0 Å². The molecule has 0 aromatic heterocycles. The van der Waals surface area contributed by atoms with Crippen molar-refractivity contribution in [2.24, 2.45) is 0 Å². The van der Waals surface area contributed by atoms with E-state index in [0.717, 1.165) is 15.1 Å². The molecule has 1 aromatic rings. The molecular formula is C10H10BrN3O2. The normalized spacial score (nSPS) is 16.4. The predicted molar refractivity (Wildman–Crippen MR) is 62.8 cm³/mol. The van der Waals surface area contributed by atoms with E-state index in [1.54, 1.807) is 0 Å². The van der Waals surface area contributed by atoms with Crippen molar-refractivity contribution in [2.45, 2.75) is 0 Å². The molecule has 0 unspecified atom stereocenters. The summed E-state index contributed by atoms with van der Waals surface area (Å²) >= 11 is 3.34. The molecule has 5 nitrogen and oxygen atoms in total. The summed E-state index contributed by atoms with van der Waals surface area (Å²) in [5.74, 6) is -0.233. The number of carbonyl (C=O) groups excluding carboxylic acids is 2. The Morgan fingerprint density at radius 3 is 2.75 bits per heavy atom. The molecule has 2 rings (SSSR count). The summed E-state index contributed by atoms with van der Waals surface area (Å²) < 4.78 is 0.894. The van der Waals surface area contributed by atoms with Crippen LogP contribution in [0.5, 0.6) is 0 Å². The first-order valence-corrected chi connectivity index (χ1v) is 5.47. The first-order chi connectivity index (χ1) is 7.58.